The molecule has 9 nitrogen and oxygen atoms in total. The predicted molar refractivity (Wildman–Crippen MR) is 105 cm³/mol. The van der Waals surface area contributed by atoms with E-state index in [0.29, 0.717) is 18.6 Å². The third-order valence-corrected chi connectivity index (χ3v) is 4.52. The van der Waals surface area contributed by atoms with Gasteiger partial charge in [-0.25, -0.2) is 9.78 Å². The van der Waals surface area contributed by atoms with Crippen molar-refractivity contribution in [2.45, 2.75) is 26.7 Å². The largest absolute Gasteiger partial charge is 0.516 e. The third-order valence-electron chi connectivity index (χ3n) is 4.52. The third kappa shape index (κ3) is 7.23. The van der Waals surface area contributed by atoms with Crippen molar-refractivity contribution < 1.29 is 33.3 Å². The molecule has 0 bridgehead atoms. The van der Waals surface area contributed by atoms with Gasteiger partial charge in [-0.05, 0) is 25.0 Å². The number of aromatic nitrogens is 2. The van der Waals surface area contributed by atoms with Gasteiger partial charge in [-0.1, -0.05) is 25.1 Å². The van der Waals surface area contributed by atoms with Gasteiger partial charge in [-0.3, -0.25) is 9.59 Å². The number of imidazole rings is 1. The Bertz CT molecular complexity index is 835. The summed E-state index contributed by atoms with van der Waals surface area (Å²) in [4.78, 5) is 39.6. The van der Waals surface area contributed by atoms with Gasteiger partial charge in [0.25, 0.3) is 0 Å². The van der Waals surface area contributed by atoms with Crippen LogP contribution in [-0.2, 0) is 37.3 Å². The lowest BCUT2D eigenvalue weighted by molar-refractivity contribution is -0.162. The Hall–Kier alpha value is -3.36. The number of rotatable bonds is 10. The van der Waals surface area contributed by atoms with Gasteiger partial charge in [-0.2, -0.15) is 0 Å². The van der Waals surface area contributed by atoms with Gasteiger partial charge in [0.1, 0.15) is 5.75 Å². The second-order valence-corrected chi connectivity index (χ2v) is 6.67. The molecule has 162 valence electrons. The van der Waals surface area contributed by atoms with Gasteiger partial charge in [0, 0.05) is 31.8 Å². The van der Waals surface area contributed by atoms with Crippen LogP contribution in [0.15, 0.2) is 42.9 Å². The first-order valence-electron chi connectivity index (χ1n) is 9.55. The summed E-state index contributed by atoms with van der Waals surface area (Å²) in [6.07, 6.45) is 3.30. The number of hydrogen-bond donors (Lipinski definition) is 0. The van der Waals surface area contributed by atoms with Crippen LogP contribution < -0.4 is 4.74 Å². The zero-order valence-electron chi connectivity index (χ0n) is 17.3. The van der Waals surface area contributed by atoms with Gasteiger partial charge in [-0.15, -0.1) is 0 Å². The molecule has 0 saturated heterocycles. The highest BCUT2D eigenvalue weighted by atomic mass is 16.8. The van der Waals surface area contributed by atoms with Crippen molar-refractivity contribution in [3.8, 4) is 5.75 Å². The molecule has 1 unspecified atom stereocenters. The average molecular weight is 418 g/mol. The topological polar surface area (TPSA) is 106 Å². The summed E-state index contributed by atoms with van der Waals surface area (Å²) in [6.45, 7) is 2.63. The Labute approximate surface area is 174 Å². The fourth-order valence-corrected chi connectivity index (χ4v) is 2.94. The summed E-state index contributed by atoms with van der Waals surface area (Å²) < 4.78 is 21.9. The molecule has 2 aromatic rings. The highest BCUT2D eigenvalue weighted by Gasteiger charge is 2.30. The molecular formula is C21H26N2O7. The molecule has 0 spiro atoms. The summed E-state index contributed by atoms with van der Waals surface area (Å²) in [6, 6.07) is 8.39. The van der Waals surface area contributed by atoms with E-state index >= 15 is 0 Å². The van der Waals surface area contributed by atoms with Crippen LogP contribution in [0.2, 0.25) is 0 Å². The van der Waals surface area contributed by atoms with Crippen molar-refractivity contribution in [2.75, 3.05) is 13.4 Å². The molecule has 0 aliphatic carbocycles. The van der Waals surface area contributed by atoms with E-state index in [4.69, 9.17) is 18.9 Å². The monoisotopic (exact) mass is 418 g/mol. The SMILES string of the molecule is CCC(C(=O)OCOC(=O)Oc1ccccc1)[C@H](COC(C)=O)Cc1cncn1C. The molecule has 2 atom stereocenters. The summed E-state index contributed by atoms with van der Waals surface area (Å²) in [5, 5.41) is 0. The minimum absolute atomic E-state index is 0.0605. The normalized spacial score (nSPS) is 12.5. The highest BCUT2D eigenvalue weighted by molar-refractivity contribution is 5.73. The highest BCUT2D eigenvalue weighted by Crippen LogP contribution is 2.23. The van der Waals surface area contributed by atoms with Gasteiger partial charge in [0.15, 0.2) is 0 Å². The average Bonchev–Trinajstić information content (AvgIpc) is 3.11. The standard InChI is InChI=1S/C21H26N2O7/c1-4-19(16(12-27-15(2)24)10-17-11-22-13-23(17)3)20(25)28-14-29-21(26)30-18-8-6-5-7-9-18/h5-9,11,13,16,19H,4,10,12,14H2,1-3H3/t16-,19?/m0/s1. The molecule has 0 radical (unpaired) electrons. The van der Waals surface area contributed by atoms with E-state index in [0.717, 1.165) is 5.69 Å². The molecule has 2 rings (SSSR count). The van der Waals surface area contributed by atoms with Crippen molar-refractivity contribution >= 4 is 18.1 Å². The van der Waals surface area contributed by atoms with Crippen molar-refractivity contribution in [3.05, 3.63) is 48.5 Å². The molecule has 30 heavy (non-hydrogen) atoms. The van der Waals surface area contributed by atoms with Crippen molar-refractivity contribution in [2.24, 2.45) is 18.9 Å². The number of benzene rings is 1. The molecule has 1 aromatic carbocycles. The summed E-state index contributed by atoms with van der Waals surface area (Å²) in [5.41, 5.74) is 0.890. The van der Waals surface area contributed by atoms with Crippen LogP contribution in [0.25, 0.3) is 0 Å². The zero-order valence-corrected chi connectivity index (χ0v) is 17.3. The summed E-state index contributed by atoms with van der Waals surface area (Å²) in [7, 11) is 1.84. The van der Waals surface area contributed by atoms with Crippen LogP contribution in [0.4, 0.5) is 4.79 Å². The zero-order chi connectivity index (χ0) is 21.9. The first-order chi connectivity index (χ1) is 14.4. The summed E-state index contributed by atoms with van der Waals surface area (Å²) in [5.74, 6) is -1.55. The van der Waals surface area contributed by atoms with E-state index in [1.54, 1.807) is 42.9 Å². The molecule has 0 amide bonds. The Morgan fingerprint density at radius 2 is 1.83 bits per heavy atom. The van der Waals surface area contributed by atoms with Gasteiger partial charge < -0.3 is 23.5 Å². The van der Waals surface area contributed by atoms with Crippen molar-refractivity contribution in [1.82, 2.24) is 9.55 Å². The smallest absolute Gasteiger partial charge is 0.466 e. The predicted octanol–water partition coefficient (Wildman–Crippen LogP) is 2.88. The second-order valence-electron chi connectivity index (χ2n) is 6.67. The lowest BCUT2D eigenvalue weighted by atomic mass is 9.87. The Kier molecular flexibility index (Phi) is 8.86. The molecule has 1 aromatic heterocycles. The van der Waals surface area contributed by atoms with Crippen molar-refractivity contribution in [3.63, 3.8) is 0 Å². The summed E-state index contributed by atoms with van der Waals surface area (Å²) >= 11 is 0. The van der Waals surface area contributed by atoms with Crippen LogP contribution in [-0.4, -0.2) is 41.0 Å². The maximum Gasteiger partial charge on any atom is 0.516 e. The van der Waals surface area contributed by atoms with Gasteiger partial charge >= 0.3 is 18.1 Å². The van der Waals surface area contributed by atoms with Gasteiger partial charge in [0.05, 0.1) is 18.9 Å². The van der Waals surface area contributed by atoms with Crippen LogP contribution >= 0.6 is 0 Å². The Morgan fingerprint density at radius 3 is 2.43 bits per heavy atom. The van der Waals surface area contributed by atoms with Crippen LogP contribution in [0, 0.1) is 11.8 Å². The number of ether oxygens (including phenoxy) is 4. The quantitative estimate of drug-likeness (QED) is 0.329. The molecule has 0 N–H and O–H groups in total. The maximum absolute atomic E-state index is 12.6. The molecular weight excluding hydrogens is 392 g/mol. The van der Waals surface area contributed by atoms with E-state index in [9.17, 15) is 14.4 Å². The molecule has 1 heterocycles. The molecule has 9 heteroatoms. The van der Waals surface area contributed by atoms with E-state index in [1.165, 1.54) is 6.92 Å². The number of esters is 2. The maximum atomic E-state index is 12.6. The van der Waals surface area contributed by atoms with Gasteiger partial charge in [0.2, 0.25) is 6.79 Å². The van der Waals surface area contributed by atoms with E-state index in [2.05, 4.69) is 4.98 Å². The number of para-hydroxylation sites is 1. The van der Waals surface area contributed by atoms with Crippen LogP contribution in [0.3, 0.4) is 0 Å². The van der Waals surface area contributed by atoms with Crippen LogP contribution in [0.5, 0.6) is 5.75 Å². The minimum atomic E-state index is -0.978. The molecule has 0 aliphatic rings. The fourth-order valence-electron chi connectivity index (χ4n) is 2.94. The molecule has 0 saturated carbocycles. The van der Waals surface area contributed by atoms with Crippen LogP contribution in [0.1, 0.15) is 26.0 Å². The van der Waals surface area contributed by atoms with Crippen molar-refractivity contribution in [1.29, 1.82) is 0 Å². The molecule has 0 aliphatic heterocycles. The number of hydrogen-bond acceptors (Lipinski definition) is 8. The minimum Gasteiger partial charge on any atom is -0.466 e. The fraction of sp³-hybridized carbons (Fsp3) is 0.429. The lowest BCUT2D eigenvalue weighted by Gasteiger charge is -2.24. The first kappa shape index (κ1) is 22.9. The van der Waals surface area contributed by atoms with E-state index in [-0.39, 0.29) is 12.5 Å². The van der Waals surface area contributed by atoms with E-state index < -0.39 is 30.8 Å². The van der Waals surface area contributed by atoms with E-state index in [1.807, 2.05) is 18.5 Å². The Balaban J connectivity index is 1.92. The number of carbonyl (C=O) groups is 3. The lowest BCUT2D eigenvalue weighted by Crippen LogP contribution is -2.32. The Morgan fingerprint density at radius 1 is 1.10 bits per heavy atom. The molecule has 0 fully saturated rings. The number of nitrogens with zero attached hydrogens (tertiary/aromatic N) is 2. The number of aryl methyl sites for hydroxylation is 1. The number of carbonyl (C=O) groups excluding carboxylic acids is 3. The second kappa shape index (κ2) is 11.6. The first-order valence-corrected chi connectivity index (χ1v) is 9.55.